The number of hydrogen-bond acceptors (Lipinski definition) is 5. The molecule has 2 N–H and O–H groups in total. The van der Waals surface area contributed by atoms with E-state index in [9.17, 15) is 9.59 Å². The Morgan fingerprint density at radius 3 is 2.62 bits per heavy atom. The number of fused-ring (bicyclic) bond motifs is 1. The van der Waals surface area contributed by atoms with E-state index in [1.165, 1.54) is 6.20 Å². The number of aromatic nitrogens is 1. The first-order chi connectivity index (χ1) is 15.5. The summed E-state index contributed by atoms with van der Waals surface area (Å²) < 4.78 is 10.9. The number of carbonyl (C=O) groups is 1. The number of methoxy groups -OCH3 is 1. The van der Waals surface area contributed by atoms with Gasteiger partial charge in [0.05, 0.1) is 19.3 Å². The van der Waals surface area contributed by atoms with Crippen molar-refractivity contribution in [2.75, 3.05) is 33.1 Å². The highest BCUT2D eigenvalue weighted by Crippen LogP contribution is 2.15. The summed E-state index contributed by atoms with van der Waals surface area (Å²) >= 11 is 7.64. The van der Waals surface area contributed by atoms with Gasteiger partial charge in [-0.3, -0.25) is 9.59 Å². The highest BCUT2D eigenvalue weighted by molar-refractivity contribution is 7.97. The zero-order chi connectivity index (χ0) is 22.9. The molecule has 0 bridgehead atoms. The highest BCUT2D eigenvalue weighted by atomic mass is 35.5. The van der Waals surface area contributed by atoms with Gasteiger partial charge in [0.2, 0.25) is 5.43 Å². The molecule has 2 aromatic carbocycles. The molecular formula is C24H27ClN2O4S. The lowest BCUT2D eigenvalue weighted by Gasteiger charge is -2.19. The number of aromatic amines is 1. The van der Waals surface area contributed by atoms with Gasteiger partial charge >= 0.3 is 0 Å². The predicted molar refractivity (Wildman–Crippen MR) is 131 cm³/mol. The van der Waals surface area contributed by atoms with Crippen LogP contribution in [0.1, 0.15) is 21.5 Å². The van der Waals surface area contributed by atoms with Crippen molar-refractivity contribution in [3.63, 3.8) is 0 Å². The van der Waals surface area contributed by atoms with Crippen molar-refractivity contribution >= 4 is 40.2 Å². The summed E-state index contributed by atoms with van der Waals surface area (Å²) in [6, 6.07) is 13.2. The van der Waals surface area contributed by atoms with Crippen LogP contribution < -0.4 is 10.7 Å². The van der Waals surface area contributed by atoms with Crippen LogP contribution in [0.15, 0.2) is 53.5 Å². The third kappa shape index (κ3) is 6.59. The van der Waals surface area contributed by atoms with Crippen LogP contribution in [-0.4, -0.2) is 50.1 Å². The van der Waals surface area contributed by atoms with Gasteiger partial charge in [-0.25, -0.2) is 0 Å². The van der Waals surface area contributed by atoms with Crippen LogP contribution in [0.25, 0.3) is 10.9 Å². The molecule has 3 aromatic rings. The topological polar surface area (TPSA) is 80.4 Å². The van der Waals surface area contributed by atoms with E-state index >= 15 is 0 Å². The van der Waals surface area contributed by atoms with Gasteiger partial charge in [0, 0.05) is 48.0 Å². The Morgan fingerprint density at radius 1 is 1.16 bits per heavy atom. The summed E-state index contributed by atoms with van der Waals surface area (Å²) in [5.41, 5.74) is 2.59. The largest absolute Gasteiger partial charge is 0.382 e. The molecule has 0 fully saturated rings. The maximum absolute atomic E-state index is 13.0. The van der Waals surface area contributed by atoms with E-state index in [1.54, 1.807) is 18.9 Å². The number of amides is 1. The quantitative estimate of drug-likeness (QED) is 0.410. The zero-order valence-electron chi connectivity index (χ0n) is 18.2. The molecule has 32 heavy (non-hydrogen) atoms. The van der Waals surface area contributed by atoms with Gasteiger partial charge in [-0.05, 0) is 41.6 Å². The lowest BCUT2D eigenvalue weighted by atomic mass is 10.1. The molecule has 0 spiro atoms. The molecule has 0 aliphatic heterocycles. The molecule has 6 nitrogen and oxygen atoms in total. The molecule has 8 heteroatoms. The van der Waals surface area contributed by atoms with Gasteiger partial charge in [0.1, 0.15) is 5.56 Å². The number of ether oxygens (including phenoxy) is 2. The molecule has 1 amide bonds. The van der Waals surface area contributed by atoms with E-state index in [4.69, 9.17) is 21.1 Å². The van der Waals surface area contributed by atoms with Crippen molar-refractivity contribution in [3.8, 4) is 0 Å². The number of carbonyl (C=O) groups excluding carboxylic acids is 1. The summed E-state index contributed by atoms with van der Waals surface area (Å²) in [5, 5.41) is 4.02. The highest BCUT2D eigenvalue weighted by Gasteiger charge is 2.17. The Kier molecular flexibility index (Phi) is 9.17. The number of thioether (sulfide) groups is 1. The van der Waals surface area contributed by atoms with Crippen LogP contribution in [0.3, 0.4) is 0 Å². The average molecular weight is 475 g/mol. The zero-order valence-corrected chi connectivity index (χ0v) is 19.7. The molecule has 0 radical (unpaired) electrons. The van der Waals surface area contributed by atoms with E-state index in [-0.39, 0.29) is 23.6 Å². The van der Waals surface area contributed by atoms with Crippen LogP contribution in [0.5, 0.6) is 0 Å². The molecule has 0 aliphatic carbocycles. The monoisotopic (exact) mass is 474 g/mol. The second kappa shape index (κ2) is 12.1. The van der Waals surface area contributed by atoms with E-state index in [0.29, 0.717) is 35.6 Å². The number of rotatable bonds is 11. The summed E-state index contributed by atoms with van der Waals surface area (Å²) in [6.45, 7) is 1.11. The molecule has 1 unspecified atom stereocenters. The summed E-state index contributed by atoms with van der Waals surface area (Å²) in [4.78, 5) is 28.8. The van der Waals surface area contributed by atoms with Crippen molar-refractivity contribution in [3.05, 3.63) is 80.6 Å². The SMILES string of the molecule is COCCOC(CNC(=O)c1c[nH]c2ccc(CSC)cc2c1=O)Cc1ccc(Cl)cc1. The molecular weight excluding hydrogens is 448 g/mol. The number of hydrogen-bond donors (Lipinski definition) is 2. The number of nitrogens with one attached hydrogen (secondary N) is 2. The Labute approximate surface area is 196 Å². The van der Waals surface area contributed by atoms with Gasteiger partial charge in [0.15, 0.2) is 0 Å². The number of halogens is 1. The van der Waals surface area contributed by atoms with E-state index < -0.39 is 5.91 Å². The Balaban J connectivity index is 1.72. The van der Waals surface area contributed by atoms with Gasteiger partial charge < -0.3 is 19.8 Å². The molecule has 170 valence electrons. The molecule has 0 aliphatic rings. The van der Waals surface area contributed by atoms with E-state index in [2.05, 4.69) is 10.3 Å². The molecule has 1 atom stereocenters. The standard InChI is InChI=1S/C24H27ClN2O4S/c1-30-9-10-31-19(11-16-3-6-18(25)7-4-16)13-27-24(29)21-14-26-22-8-5-17(15-32-2)12-20(22)23(21)28/h3-8,12,14,19H,9-11,13,15H2,1-2H3,(H,26,28)(H,27,29). The van der Waals surface area contributed by atoms with Crippen molar-refractivity contribution in [2.24, 2.45) is 0 Å². The summed E-state index contributed by atoms with van der Waals surface area (Å²) in [6.07, 6.45) is 3.79. The molecule has 1 aromatic heterocycles. The van der Waals surface area contributed by atoms with Crippen molar-refractivity contribution in [1.82, 2.24) is 10.3 Å². The lowest BCUT2D eigenvalue weighted by Crippen LogP contribution is -2.37. The normalized spacial score (nSPS) is 12.1. The van der Waals surface area contributed by atoms with Crippen molar-refractivity contribution in [1.29, 1.82) is 0 Å². The second-order valence-corrected chi connectivity index (χ2v) is 8.67. The third-order valence-corrected chi connectivity index (χ3v) is 5.88. The van der Waals surface area contributed by atoms with Gasteiger partial charge in [-0.15, -0.1) is 0 Å². The fourth-order valence-electron chi connectivity index (χ4n) is 3.36. The van der Waals surface area contributed by atoms with Crippen LogP contribution in [0.4, 0.5) is 0 Å². The third-order valence-electron chi connectivity index (χ3n) is 5.01. The fraction of sp³-hybridized carbons (Fsp3) is 0.333. The Hall–Kier alpha value is -2.32. The smallest absolute Gasteiger partial charge is 0.256 e. The number of pyridine rings is 1. The van der Waals surface area contributed by atoms with Gasteiger partial charge in [0.25, 0.3) is 5.91 Å². The van der Waals surface area contributed by atoms with Crippen molar-refractivity contribution < 1.29 is 14.3 Å². The second-order valence-electron chi connectivity index (χ2n) is 7.37. The molecule has 0 saturated carbocycles. The first-order valence-corrected chi connectivity index (χ1v) is 12.1. The van der Waals surface area contributed by atoms with E-state index in [0.717, 1.165) is 16.9 Å². The van der Waals surface area contributed by atoms with Crippen LogP contribution in [0.2, 0.25) is 5.02 Å². The molecule has 1 heterocycles. The average Bonchev–Trinajstić information content (AvgIpc) is 2.79. The van der Waals surface area contributed by atoms with Gasteiger partial charge in [-0.1, -0.05) is 29.8 Å². The number of benzene rings is 2. The minimum absolute atomic E-state index is 0.0842. The van der Waals surface area contributed by atoms with Crippen LogP contribution in [0, 0.1) is 0 Å². The maximum Gasteiger partial charge on any atom is 0.256 e. The first kappa shape index (κ1) is 24.3. The molecule has 0 saturated heterocycles. The maximum atomic E-state index is 13.0. The van der Waals surface area contributed by atoms with Crippen LogP contribution >= 0.6 is 23.4 Å². The first-order valence-electron chi connectivity index (χ1n) is 10.3. The summed E-state index contributed by atoms with van der Waals surface area (Å²) in [5.74, 6) is 0.372. The lowest BCUT2D eigenvalue weighted by molar-refractivity contribution is 0.0179. The van der Waals surface area contributed by atoms with Crippen LogP contribution in [-0.2, 0) is 21.6 Å². The predicted octanol–water partition coefficient (Wildman–Crippen LogP) is 4.05. The van der Waals surface area contributed by atoms with Crippen molar-refractivity contribution in [2.45, 2.75) is 18.3 Å². The fourth-order valence-corrected chi connectivity index (χ4v) is 4.00. The Bertz CT molecular complexity index is 1100. The minimum atomic E-state index is -0.431. The summed E-state index contributed by atoms with van der Waals surface area (Å²) in [7, 11) is 1.61. The Morgan fingerprint density at radius 2 is 1.91 bits per heavy atom. The van der Waals surface area contributed by atoms with E-state index in [1.807, 2.05) is 48.7 Å². The number of H-pyrrole nitrogens is 1. The van der Waals surface area contributed by atoms with Gasteiger partial charge in [-0.2, -0.15) is 11.8 Å². The minimum Gasteiger partial charge on any atom is -0.382 e. The molecule has 3 rings (SSSR count).